The number of hydrogen-bond donors (Lipinski definition) is 1. The molecule has 1 saturated heterocycles. The molecule has 4 heteroatoms. The van der Waals surface area contributed by atoms with Gasteiger partial charge in [0.2, 0.25) is 5.95 Å². The van der Waals surface area contributed by atoms with E-state index in [0.29, 0.717) is 0 Å². The Hall–Kier alpha value is -1.16. The number of hydrogen-bond acceptors (Lipinski definition) is 4. The molecule has 1 aromatic heterocycles. The molecular formula is C11H18N4. The molecule has 1 aliphatic heterocycles. The van der Waals surface area contributed by atoms with Crippen molar-refractivity contribution in [1.29, 1.82) is 0 Å². The topological polar surface area (TPSA) is 41.1 Å². The highest BCUT2D eigenvalue weighted by molar-refractivity contribution is 5.33. The van der Waals surface area contributed by atoms with Gasteiger partial charge in [0.25, 0.3) is 0 Å². The van der Waals surface area contributed by atoms with Gasteiger partial charge < -0.3 is 10.2 Å². The van der Waals surface area contributed by atoms with Gasteiger partial charge in [-0.05, 0) is 18.9 Å². The molecule has 2 rings (SSSR count). The Morgan fingerprint density at radius 3 is 2.73 bits per heavy atom. The largest absolute Gasteiger partial charge is 0.338 e. The van der Waals surface area contributed by atoms with E-state index in [1.165, 1.54) is 5.56 Å². The molecule has 4 nitrogen and oxygen atoms in total. The summed E-state index contributed by atoms with van der Waals surface area (Å²) in [6.07, 6.45) is 2.97. The molecule has 0 aromatic carbocycles. The average Bonchev–Trinajstić information content (AvgIpc) is 2.30. The molecule has 0 radical (unpaired) electrons. The predicted octanol–water partition coefficient (Wildman–Crippen LogP) is 0.757. The van der Waals surface area contributed by atoms with E-state index in [4.69, 9.17) is 0 Å². The van der Waals surface area contributed by atoms with Crippen molar-refractivity contribution in [2.45, 2.75) is 20.3 Å². The lowest BCUT2D eigenvalue weighted by atomic mass is 10.2. The maximum Gasteiger partial charge on any atom is 0.225 e. The minimum atomic E-state index is 0.881. The van der Waals surface area contributed by atoms with Gasteiger partial charge in [0.1, 0.15) is 0 Å². The van der Waals surface area contributed by atoms with Gasteiger partial charge in [-0.25, -0.2) is 9.97 Å². The van der Waals surface area contributed by atoms with Crippen molar-refractivity contribution in [3.63, 3.8) is 0 Å². The summed E-state index contributed by atoms with van der Waals surface area (Å²) >= 11 is 0. The minimum Gasteiger partial charge on any atom is -0.338 e. The van der Waals surface area contributed by atoms with Gasteiger partial charge in [0.05, 0.1) is 0 Å². The summed E-state index contributed by atoms with van der Waals surface area (Å²) in [5.41, 5.74) is 2.36. The van der Waals surface area contributed by atoms with Crippen molar-refractivity contribution < 1.29 is 0 Å². The Morgan fingerprint density at radius 1 is 1.40 bits per heavy atom. The number of aromatic nitrogens is 2. The lowest BCUT2D eigenvalue weighted by Crippen LogP contribution is -2.44. The zero-order valence-corrected chi connectivity index (χ0v) is 9.45. The maximum atomic E-state index is 4.55. The van der Waals surface area contributed by atoms with E-state index >= 15 is 0 Å². The molecule has 1 aromatic rings. The summed E-state index contributed by atoms with van der Waals surface area (Å²) in [7, 11) is 0. The quantitative estimate of drug-likeness (QED) is 0.775. The van der Waals surface area contributed by atoms with E-state index in [1.807, 2.05) is 6.20 Å². The first kappa shape index (κ1) is 10.4. The Labute approximate surface area is 90.7 Å². The summed E-state index contributed by atoms with van der Waals surface area (Å²) in [5.74, 6) is 0.881. The summed E-state index contributed by atoms with van der Waals surface area (Å²) in [6, 6.07) is 0. The average molecular weight is 206 g/mol. The molecule has 2 heterocycles. The number of aryl methyl sites for hydroxylation is 2. The van der Waals surface area contributed by atoms with Crippen LogP contribution in [0.1, 0.15) is 18.2 Å². The molecule has 0 unspecified atom stereocenters. The van der Waals surface area contributed by atoms with Gasteiger partial charge in [-0.2, -0.15) is 0 Å². The molecule has 0 spiro atoms. The fourth-order valence-corrected chi connectivity index (χ4v) is 1.84. The van der Waals surface area contributed by atoms with Crippen LogP contribution in [0.4, 0.5) is 5.95 Å². The standard InChI is InChI=1S/C11H18N4/c1-3-10-8-13-11(14-9(10)2)15-6-4-12-5-7-15/h8,12H,3-7H2,1-2H3. The van der Waals surface area contributed by atoms with Crippen molar-refractivity contribution >= 4 is 5.95 Å². The van der Waals surface area contributed by atoms with Crippen molar-refractivity contribution in [2.75, 3.05) is 31.1 Å². The molecule has 15 heavy (non-hydrogen) atoms. The van der Waals surface area contributed by atoms with Crippen LogP contribution in [-0.4, -0.2) is 36.1 Å². The molecule has 82 valence electrons. The number of piperazine rings is 1. The second-order valence-electron chi connectivity index (χ2n) is 3.87. The van der Waals surface area contributed by atoms with Crippen molar-refractivity contribution in [3.8, 4) is 0 Å². The molecular weight excluding hydrogens is 188 g/mol. The zero-order valence-electron chi connectivity index (χ0n) is 9.45. The van der Waals surface area contributed by atoms with Gasteiger partial charge in [0, 0.05) is 38.1 Å². The van der Waals surface area contributed by atoms with E-state index in [0.717, 1.165) is 44.2 Å². The third-order valence-electron chi connectivity index (χ3n) is 2.85. The number of rotatable bonds is 2. The van der Waals surface area contributed by atoms with Gasteiger partial charge in [-0.1, -0.05) is 6.92 Å². The van der Waals surface area contributed by atoms with E-state index in [1.54, 1.807) is 0 Å². The zero-order chi connectivity index (χ0) is 10.7. The number of nitrogens with zero attached hydrogens (tertiary/aromatic N) is 3. The molecule has 0 bridgehead atoms. The lowest BCUT2D eigenvalue weighted by molar-refractivity contribution is 0.579. The van der Waals surface area contributed by atoms with Crippen LogP contribution < -0.4 is 10.2 Å². The first-order chi connectivity index (χ1) is 7.31. The fourth-order valence-electron chi connectivity index (χ4n) is 1.84. The van der Waals surface area contributed by atoms with Gasteiger partial charge in [-0.3, -0.25) is 0 Å². The highest BCUT2D eigenvalue weighted by Gasteiger charge is 2.13. The third kappa shape index (κ3) is 2.26. The predicted molar refractivity (Wildman–Crippen MR) is 61.2 cm³/mol. The van der Waals surface area contributed by atoms with Crippen molar-refractivity contribution in [3.05, 3.63) is 17.5 Å². The molecule has 0 atom stereocenters. The first-order valence-corrected chi connectivity index (χ1v) is 5.59. The van der Waals surface area contributed by atoms with Crippen LogP contribution in [0, 0.1) is 6.92 Å². The van der Waals surface area contributed by atoms with Gasteiger partial charge in [-0.15, -0.1) is 0 Å². The van der Waals surface area contributed by atoms with Gasteiger partial charge >= 0.3 is 0 Å². The molecule has 0 aliphatic carbocycles. The van der Waals surface area contributed by atoms with Crippen LogP contribution in [0.25, 0.3) is 0 Å². The maximum absolute atomic E-state index is 4.55. The molecule has 1 N–H and O–H groups in total. The van der Waals surface area contributed by atoms with E-state index in [9.17, 15) is 0 Å². The first-order valence-electron chi connectivity index (χ1n) is 5.59. The van der Waals surface area contributed by atoms with Crippen molar-refractivity contribution in [2.24, 2.45) is 0 Å². The van der Waals surface area contributed by atoms with E-state index in [2.05, 4.69) is 34.0 Å². The highest BCUT2D eigenvalue weighted by atomic mass is 15.3. The summed E-state index contributed by atoms with van der Waals surface area (Å²) in [5, 5.41) is 3.32. The van der Waals surface area contributed by atoms with Crippen LogP contribution in [0.5, 0.6) is 0 Å². The highest BCUT2D eigenvalue weighted by Crippen LogP contribution is 2.11. The normalized spacial score (nSPS) is 16.8. The lowest BCUT2D eigenvalue weighted by Gasteiger charge is -2.27. The Balaban J connectivity index is 2.17. The molecule has 0 amide bonds. The van der Waals surface area contributed by atoms with E-state index in [-0.39, 0.29) is 0 Å². The monoisotopic (exact) mass is 206 g/mol. The second-order valence-corrected chi connectivity index (χ2v) is 3.87. The van der Waals surface area contributed by atoms with Crippen LogP contribution in [-0.2, 0) is 6.42 Å². The number of anilines is 1. The molecule has 0 saturated carbocycles. The fraction of sp³-hybridized carbons (Fsp3) is 0.636. The van der Waals surface area contributed by atoms with Crippen molar-refractivity contribution in [1.82, 2.24) is 15.3 Å². The Bertz CT molecular complexity index is 331. The van der Waals surface area contributed by atoms with Crippen LogP contribution in [0.15, 0.2) is 6.20 Å². The Kier molecular flexibility index (Phi) is 3.16. The summed E-state index contributed by atoms with van der Waals surface area (Å²) < 4.78 is 0. The van der Waals surface area contributed by atoms with E-state index < -0.39 is 0 Å². The van der Waals surface area contributed by atoms with Crippen LogP contribution in [0.3, 0.4) is 0 Å². The third-order valence-corrected chi connectivity index (χ3v) is 2.85. The Morgan fingerprint density at radius 2 is 2.13 bits per heavy atom. The van der Waals surface area contributed by atoms with Gasteiger partial charge in [0.15, 0.2) is 0 Å². The summed E-state index contributed by atoms with van der Waals surface area (Å²) in [4.78, 5) is 11.2. The second kappa shape index (κ2) is 4.57. The molecule has 1 aliphatic rings. The summed E-state index contributed by atoms with van der Waals surface area (Å²) in [6.45, 7) is 8.26. The minimum absolute atomic E-state index is 0.881. The van der Waals surface area contributed by atoms with Crippen LogP contribution >= 0.6 is 0 Å². The molecule has 1 fully saturated rings. The number of nitrogens with one attached hydrogen (secondary N) is 1. The SMILES string of the molecule is CCc1cnc(N2CCNCC2)nc1C. The van der Waals surface area contributed by atoms with Crippen LogP contribution in [0.2, 0.25) is 0 Å². The smallest absolute Gasteiger partial charge is 0.225 e.